The first-order valence-corrected chi connectivity index (χ1v) is 9.55. The predicted molar refractivity (Wildman–Crippen MR) is 103 cm³/mol. The maximum Gasteiger partial charge on any atom is 0.434 e. The van der Waals surface area contributed by atoms with E-state index in [1.165, 1.54) is 24.1 Å². The van der Waals surface area contributed by atoms with Gasteiger partial charge in [-0.15, -0.1) is 10.2 Å². The molecule has 31 heavy (non-hydrogen) atoms. The molecule has 0 unspecified atom stereocenters. The van der Waals surface area contributed by atoms with E-state index in [9.17, 15) is 22.8 Å². The normalized spacial score (nSPS) is 15.2. The zero-order chi connectivity index (χ0) is 23.0. The molecule has 1 saturated heterocycles. The van der Waals surface area contributed by atoms with Gasteiger partial charge in [-0.25, -0.2) is 4.68 Å². The number of alkyl halides is 3. The van der Waals surface area contributed by atoms with Crippen LogP contribution in [0.5, 0.6) is 5.88 Å². The van der Waals surface area contributed by atoms with Crippen molar-refractivity contribution >= 4 is 11.8 Å². The summed E-state index contributed by atoms with van der Waals surface area (Å²) in [6, 6.07) is 2.61. The van der Waals surface area contributed by atoms with Crippen LogP contribution in [-0.2, 0) is 11.0 Å². The smallest absolute Gasteiger partial charge is 0.434 e. The van der Waals surface area contributed by atoms with Crippen molar-refractivity contribution in [3.8, 4) is 11.7 Å². The Kier molecular flexibility index (Phi) is 5.92. The van der Waals surface area contributed by atoms with E-state index < -0.39 is 28.8 Å². The van der Waals surface area contributed by atoms with Gasteiger partial charge in [0.05, 0.1) is 18.9 Å². The molecule has 2 amide bonds. The average molecular weight is 440 g/mol. The second-order valence-corrected chi connectivity index (χ2v) is 8.08. The predicted octanol–water partition coefficient (Wildman–Crippen LogP) is 2.02. The molecule has 2 aromatic rings. The molecular formula is C19H23F3N6O3. The van der Waals surface area contributed by atoms with Crippen LogP contribution in [0.25, 0.3) is 5.82 Å². The second kappa shape index (κ2) is 8.16. The van der Waals surface area contributed by atoms with E-state index >= 15 is 0 Å². The highest BCUT2D eigenvalue weighted by Crippen LogP contribution is 2.34. The molecule has 0 aromatic carbocycles. The Labute approximate surface area is 176 Å². The van der Waals surface area contributed by atoms with Crippen LogP contribution in [0, 0.1) is 5.41 Å². The van der Waals surface area contributed by atoms with Gasteiger partial charge >= 0.3 is 6.18 Å². The molecule has 9 nitrogen and oxygen atoms in total. The van der Waals surface area contributed by atoms with E-state index in [2.05, 4.69) is 15.3 Å². The molecule has 12 heteroatoms. The molecule has 2 aromatic heterocycles. The van der Waals surface area contributed by atoms with Gasteiger partial charge in [0, 0.05) is 37.7 Å². The van der Waals surface area contributed by atoms with Crippen molar-refractivity contribution in [2.45, 2.75) is 26.9 Å². The van der Waals surface area contributed by atoms with Crippen molar-refractivity contribution in [3.05, 3.63) is 29.6 Å². The summed E-state index contributed by atoms with van der Waals surface area (Å²) in [6.07, 6.45) is -3.98. The molecular weight excluding hydrogens is 417 g/mol. The molecule has 0 radical (unpaired) electrons. The summed E-state index contributed by atoms with van der Waals surface area (Å²) in [4.78, 5) is 28.2. The van der Waals surface area contributed by atoms with E-state index in [1.807, 2.05) is 0 Å². The number of aromatic nitrogens is 4. The van der Waals surface area contributed by atoms with Crippen LogP contribution in [0.3, 0.4) is 0 Å². The van der Waals surface area contributed by atoms with Gasteiger partial charge in [-0.3, -0.25) is 9.59 Å². The lowest BCUT2D eigenvalue weighted by molar-refractivity contribution is -0.143. The molecule has 0 N–H and O–H groups in total. The molecule has 1 fully saturated rings. The van der Waals surface area contributed by atoms with Crippen LogP contribution in [0.15, 0.2) is 18.3 Å². The Morgan fingerprint density at radius 1 is 1.00 bits per heavy atom. The highest BCUT2D eigenvalue weighted by molar-refractivity contribution is 5.95. The number of piperazine rings is 1. The van der Waals surface area contributed by atoms with Crippen molar-refractivity contribution in [3.63, 3.8) is 0 Å². The van der Waals surface area contributed by atoms with E-state index in [0.29, 0.717) is 4.68 Å². The molecule has 0 spiro atoms. The fourth-order valence-electron chi connectivity index (χ4n) is 3.24. The van der Waals surface area contributed by atoms with Crippen LogP contribution in [0.4, 0.5) is 13.2 Å². The van der Waals surface area contributed by atoms with E-state index in [4.69, 9.17) is 4.74 Å². The number of methoxy groups -OCH3 is 1. The minimum atomic E-state index is -4.85. The SMILES string of the molecule is COc1ccc(-n2ncc(C(=O)N3CCN(C(=O)C(C)(C)C)CC3)c2C(F)(F)F)nn1. The molecule has 0 saturated carbocycles. The molecule has 0 aliphatic carbocycles. The molecule has 1 aliphatic heterocycles. The fourth-order valence-corrected chi connectivity index (χ4v) is 3.24. The van der Waals surface area contributed by atoms with Gasteiger partial charge < -0.3 is 14.5 Å². The lowest BCUT2D eigenvalue weighted by Gasteiger charge is -2.37. The Bertz CT molecular complexity index is 958. The number of rotatable bonds is 3. The lowest BCUT2D eigenvalue weighted by atomic mass is 9.94. The molecule has 1 aliphatic rings. The van der Waals surface area contributed by atoms with Crippen molar-refractivity contribution in [2.24, 2.45) is 5.41 Å². The average Bonchev–Trinajstić information content (AvgIpc) is 3.18. The Morgan fingerprint density at radius 3 is 2.10 bits per heavy atom. The third kappa shape index (κ3) is 4.62. The lowest BCUT2D eigenvalue weighted by Crippen LogP contribution is -2.53. The Hall–Kier alpha value is -3.18. The standard InChI is InChI=1S/C19H23F3N6O3/c1-18(2,3)17(30)27-9-7-26(8-10-27)16(29)12-11-23-28(15(12)19(20,21)22)13-5-6-14(31-4)25-24-13/h5-6,11H,7-10H2,1-4H3. The first kappa shape index (κ1) is 22.5. The number of hydrogen-bond donors (Lipinski definition) is 0. The van der Waals surface area contributed by atoms with E-state index in [-0.39, 0.29) is 43.8 Å². The van der Waals surface area contributed by atoms with Gasteiger partial charge in [0.2, 0.25) is 11.8 Å². The van der Waals surface area contributed by atoms with Crippen molar-refractivity contribution in [1.29, 1.82) is 0 Å². The first-order valence-electron chi connectivity index (χ1n) is 9.55. The van der Waals surface area contributed by atoms with Gasteiger partial charge in [-0.1, -0.05) is 20.8 Å². The summed E-state index contributed by atoms with van der Waals surface area (Å²) in [6.45, 7) is 6.14. The van der Waals surface area contributed by atoms with E-state index in [1.54, 1.807) is 25.7 Å². The minimum absolute atomic E-state index is 0.0681. The van der Waals surface area contributed by atoms with Crippen molar-refractivity contribution < 1.29 is 27.5 Å². The topological polar surface area (TPSA) is 93.5 Å². The third-order valence-electron chi connectivity index (χ3n) is 4.82. The molecule has 0 bridgehead atoms. The largest absolute Gasteiger partial charge is 0.480 e. The van der Waals surface area contributed by atoms with Gasteiger partial charge in [0.15, 0.2) is 11.5 Å². The quantitative estimate of drug-likeness (QED) is 0.725. The monoisotopic (exact) mass is 440 g/mol. The summed E-state index contributed by atoms with van der Waals surface area (Å²) in [7, 11) is 1.35. The number of ether oxygens (including phenoxy) is 1. The van der Waals surface area contributed by atoms with E-state index in [0.717, 1.165) is 6.20 Å². The fraction of sp³-hybridized carbons (Fsp3) is 0.526. The van der Waals surface area contributed by atoms with Gasteiger partial charge in [0.25, 0.3) is 5.91 Å². The van der Waals surface area contributed by atoms with Gasteiger partial charge in [-0.05, 0) is 6.07 Å². The number of carbonyl (C=O) groups excluding carboxylic acids is 2. The summed E-state index contributed by atoms with van der Waals surface area (Å²) < 4.78 is 46.9. The summed E-state index contributed by atoms with van der Waals surface area (Å²) in [5.41, 5.74) is -2.39. The highest BCUT2D eigenvalue weighted by atomic mass is 19.4. The number of hydrogen-bond acceptors (Lipinski definition) is 6. The zero-order valence-corrected chi connectivity index (χ0v) is 17.6. The number of halogens is 3. The van der Waals surface area contributed by atoms with Crippen LogP contribution in [-0.4, -0.2) is 74.9 Å². The van der Waals surface area contributed by atoms with Crippen LogP contribution < -0.4 is 4.74 Å². The number of carbonyl (C=O) groups is 2. The van der Waals surface area contributed by atoms with Crippen LogP contribution >= 0.6 is 0 Å². The van der Waals surface area contributed by atoms with Gasteiger partial charge in [-0.2, -0.15) is 18.3 Å². The Morgan fingerprint density at radius 2 is 1.61 bits per heavy atom. The first-order chi connectivity index (χ1) is 14.4. The molecule has 3 heterocycles. The molecule has 0 atom stereocenters. The van der Waals surface area contributed by atoms with Crippen LogP contribution in [0.2, 0.25) is 0 Å². The summed E-state index contributed by atoms with van der Waals surface area (Å²) >= 11 is 0. The van der Waals surface area contributed by atoms with Crippen LogP contribution in [0.1, 0.15) is 36.8 Å². The second-order valence-electron chi connectivity index (χ2n) is 8.08. The zero-order valence-electron chi connectivity index (χ0n) is 17.6. The van der Waals surface area contributed by atoms with Crippen molar-refractivity contribution in [1.82, 2.24) is 29.8 Å². The maximum absolute atomic E-state index is 13.8. The summed E-state index contributed by atoms with van der Waals surface area (Å²) in [5.74, 6) is -0.944. The molecule has 168 valence electrons. The summed E-state index contributed by atoms with van der Waals surface area (Å²) in [5, 5.41) is 11.1. The molecule has 3 rings (SSSR count). The minimum Gasteiger partial charge on any atom is -0.480 e. The third-order valence-corrected chi connectivity index (χ3v) is 4.82. The Balaban J connectivity index is 1.85. The number of nitrogens with zero attached hydrogens (tertiary/aromatic N) is 6. The maximum atomic E-state index is 13.8. The van der Waals surface area contributed by atoms with Gasteiger partial charge in [0.1, 0.15) is 0 Å². The number of amides is 2. The van der Waals surface area contributed by atoms with Crippen molar-refractivity contribution in [2.75, 3.05) is 33.3 Å². The highest BCUT2D eigenvalue weighted by Gasteiger charge is 2.42.